The van der Waals surface area contributed by atoms with Crippen LogP contribution in [0.15, 0.2) is 23.1 Å². The smallest absolute Gasteiger partial charge is 0.122 e. The Labute approximate surface area is 95.4 Å². The number of hydrogen-bond acceptors (Lipinski definition) is 3. The highest BCUT2D eigenvalue weighted by atomic mass is 32.2. The molecule has 0 radical (unpaired) electrons. The molecule has 1 fully saturated rings. The van der Waals surface area contributed by atoms with Crippen molar-refractivity contribution in [1.29, 1.82) is 0 Å². The lowest BCUT2D eigenvalue weighted by atomic mass is 9.97. The molecule has 1 aromatic rings. The summed E-state index contributed by atoms with van der Waals surface area (Å²) in [6.07, 6.45) is 3.33. The molecule has 1 aromatic carbocycles. The van der Waals surface area contributed by atoms with E-state index in [-0.39, 0.29) is 0 Å². The number of methoxy groups -OCH3 is 1. The maximum absolute atomic E-state index is 5.42. The van der Waals surface area contributed by atoms with Gasteiger partial charge in [-0.1, -0.05) is 0 Å². The Morgan fingerprint density at radius 3 is 2.93 bits per heavy atom. The second kappa shape index (κ2) is 4.90. The third-order valence-corrected chi connectivity index (χ3v) is 3.66. The number of ether oxygens (including phenoxy) is 1. The maximum Gasteiger partial charge on any atom is 0.122 e. The molecule has 1 atom stereocenters. The first-order valence-corrected chi connectivity index (χ1v) is 6.50. The standard InChI is InChI=1S/C12H17NOS/c1-14-12-4-3-10(15-2)7-11(12)9-5-6-13-8-9/h3-4,7,9,13H,5-6,8H2,1-2H3. The van der Waals surface area contributed by atoms with E-state index in [4.69, 9.17) is 4.74 Å². The van der Waals surface area contributed by atoms with Gasteiger partial charge in [0.1, 0.15) is 5.75 Å². The molecule has 1 aliphatic rings. The highest BCUT2D eigenvalue weighted by Gasteiger charge is 2.20. The Balaban J connectivity index is 2.32. The first-order chi connectivity index (χ1) is 7.35. The lowest BCUT2D eigenvalue weighted by Crippen LogP contribution is -2.08. The number of hydrogen-bond donors (Lipinski definition) is 1. The summed E-state index contributed by atoms with van der Waals surface area (Å²) in [4.78, 5) is 1.32. The summed E-state index contributed by atoms with van der Waals surface area (Å²) in [6, 6.07) is 6.47. The van der Waals surface area contributed by atoms with Crippen LogP contribution in [-0.2, 0) is 0 Å². The molecule has 0 aliphatic carbocycles. The molecule has 0 bridgehead atoms. The summed E-state index contributed by atoms with van der Waals surface area (Å²) in [6.45, 7) is 2.20. The van der Waals surface area contributed by atoms with Gasteiger partial charge in [0.05, 0.1) is 7.11 Å². The SMILES string of the molecule is COc1ccc(SC)cc1C1CCNC1. The zero-order chi connectivity index (χ0) is 10.7. The summed E-state index contributed by atoms with van der Waals surface area (Å²) in [5, 5.41) is 3.40. The van der Waals surface area contributed by atoms with E-state index in [1.165, 1.54) is 16.9 Å². The molecule has 0 spiro atoms. The summed E-state index contributed by atoms with van der Waals surface area (Å²) in [5.74, 6) is 1.65. The van der Waals surface area contributed by atoms with Gasteiger partial charge in [0, 0.05) is 17.4 Å². The zero-order valence-electron chi connectivity index (χ0n) is 9.25. The molecule has 1 heterocycles. The van der Waals surface area contributed by atoms with Crippen LogP contribution in [0.1, 0.15) is 17.9 Å². The van der Waals surface area contributed by atoms with Crippen molar-refractivity contribution in [1.82, 2.24) is 5.32 Å². The lowest BCUT2D eigenvalue weighted by Gasteiger charge is -2.14. The van der Waals surface area contributed by atoms with E-state index in [1.54, 1.807) is 18.9 Å². The Hall–Kier alpha value is -0.670. The zero-order valence-corrected chi connectivity index (χ0v) is 10.1. The molecule has 0 saturated carbocycles. The van der Waals surface area contributed by atoms with Gasteiger partial charge in [-0.3, -0.25) is 0 Å². The van der Waals surface area contributed by atoms with Crippen LogP contribution in [0.25, 0.3) is 0 Å². The molecule has 1 aliphatic heterocycles. The molecule has 2 rings (SSSR count). The fourth-order valence-corrected chi connectivity index (χ4v) is 2.53. The first kappa shape index (κ1) is 10.8. The number of thioether (sulfide) groups is 1. The van der Waals surface area contributed by atoms with Crippen LogP contribution < -0.4 is 10.1 Å². The largest absolute Gasteiger partial charge is 0.496 e. The van der Waals surface area contributed by atoms with Crippen molar-refractivity contribution in [2.45, 2.75) is 17.2 Å². The van der Waals surface area contributed by atoms with Gasteiger partial charge in [-0.2, -0.15) is 0 Å². The van der Waals surface area contributed by atoms with E-state index in [9.17, 15) is 0 Å². The summed E-state index contributed by atoms with van der Waals surface area (Å²) >= 11 is 1.78. The molecule has 82 valence electrons. The second-order valence-electron chi connectivity index (χ2n) is 3.80. The van der Waals surface area contributed by atoms with Crippen LogP contribution in [0.4, 0.5) is 0 Å². The highest BCUT2D eigenvalue weighted by Crippen LogP contribution is 2.33. The Kier molecular flexibility index (Phi) is 3.54. The molecular formula is C12H17NOS. The fraction of sp³-hybridized carbons (Fsp3) is 0.500. The maximum atomic E-state index is 5.42. The minimum atomic E-state index is 0.618. The van der Waals surface area contributed by atoms with E-state index < -0.39 is 0 Å². The molecule has 1 unspecified atom stereocenters. The quantitative estimate of drug-likeness (QED) is 0.796. The van der Waals surface area contributed by atoms with Crippen molar-refractivity contribution in [2.75, 3.05) is 26.5 Å². The van der Waals surface area contributed by atoms with Gasteiger partial charge in [-0.05, 0) is 43.0 Å². The van der Waals surface area contributed by atoms with Crippen LogP contribution in [0.5, 0.6) is 5.75 Å². The van der Waals surface area contributed by atoms with Crippen molar-refractivity contribution >= 4 is 11.8 Å². The van der Waals surface area contributed by atoms with Crippen LogP contribution >= 0.6 is 11.8 Å². The number of nitrogens with one attached hydrogen (secondary N) is 1. The monoisotopic (exact) mass is 223 g/mol. The van der Waals surface area contributed by atoms with E-state index in [0.29, 0.717) is 5.92 Å². The van der Waals surface area contributed by atoms with Gasteiger partial charge in [0.2, 0.25) is 0 Å². The average molecular weight is 223 g/mol. The minimum absolute atomic E-state index is 0.618. The average Bonchev–Trinajstić information content (AvgIpc) is 2.81. The van der Waals surface area contributed by atoms with Crippen LogP contribution in [-0.4, -0.2) is 26.5 Å². The third kappa shape index (κ3) is 2.29. The molecule has 0 amide bonds. The molecule has 2 nitrogen and oxygen atoms in total. The van der Waals surface area contributed by atoms with Crippen LogP contribution in [0.2, 0.25) is 0 Å². The third-order valence-electron chi connectivity index (χ3n) is 2.94. The topological polar surface area (TPSA) is 21.3 Å². The van der Waals surface area contributed by atoms with E-state index >= 15 is 0 Å². The van der Waals surface area contributed by atoms with Crippen molar-refractivity contribution in [3.05, 3.63) is 23.8 Å². The summed E-state index contributed by atoms with van der Waals surface area (Å²) in [5.41, 5.74) is 1.36. The minimum Gasteiger partial charge on any atom is -0.496 e. The van der Waals surface area contributed by atoms with Gasteiger partial charge in [-0.15, -0.1) is 11.8 Å². The second-order valence-corrected chi connectivity index (χ2v) is 4.68. The highest BCUT2D eigenvalue weighted by molar-refractivity contribution is 7.98. The molecular weight excluding hydrogens is 206 g/mol. The Bertz CT molecular complexity index is 334. The fourth-order valence-electron chi connectivity index (χ4n) is 2.08. The van der Waals surface area contributed by atoms with E-state index in [2.05, 4.69) is 29.8 Å². The van der Waals surface area contributed by atoms with Crippen molar-refractivity contribution < 1.29 is 4.74 Å². The van der Waals surface area contributed by atoms with Crippen molar-refractivity contribution in [3.63, 3.8) is 0 Å². The van der Waals surface area contributed by atoms with Crippen molar-refractivity contribution in [3.8, 4) is 5.75 Å². The molecule has 1 N–H and O–H groups in total. The van der Waals surface area contributed by atoms with Crippen LogP contribution in [0.3, 0.4) is 0 Å². The summed E-state index contributed by atoms with van der Waals surface area (Å²) < 4.78 is 5.42. The van der Waals surface area contributed by atoms with Gasteiger partial charge in [0.15, 0.2) is 0 Å². The molecule has 3 heteroatoms. The van der Waals surface area contributed by atoms with Gasteiger partial charge < -0.3 is 10.1 Å². The number of rotatable bonds is 3. The van der Waals surface area contributed by atoms with Gasteiger partial charge in [-0.25, -0.2) is 0 Å². The molecule has 1 saturated heterocycles. The van der Waals surface area contributed by atoms with E-state index in [0.717, 1.165) is 18.8 Å². The first-order valence-electron chi connectivity index (χ1n) is 5.28. The van der Waals surface area contributed by atoms with Gasteiger partial charge >= 0.3 is 0 Å². The Morgan fingerprint density at radius 1 is 1.47 bits per heavy atom. The van der Waals surface area contributed by atoms with Crippen molar-refractivity contribution in [2.24, 2.45) is 0 Å². The number of benzene rings is 1. The Morgan fingerprint density at radius 2 is 2.33 bits per heavy atom. The van der Waals surface area contributed by atoms with E-state index in [1.807, 2.05) is 0 Å². The lowest BCUT2D eigenvalue weighted by molar-refractivity contribution is 0.406. The summed E-state index contributed by atoms with van der Waals surface area (Å²) in [7, 11) is 1.75. The van der Waals surface area contributed by atoms with Gasteiger partial charge in [0.25, 0.3) is 0 Å². The van der Waals surface area contributed by atoms with Crippen LogP contribution in [0, 0.1) is 0 Å². The molecule has 15 heavy (non-hydrogen) atoms. The normalized spacial score (nSPS) is 20.5. The predicted molar refractivity (Wildman–Crippen MR) is 65.0 cm³/mol. The predicted octanol–water partition coefficient (Wildman–Crippen LogP) is 2.49. The molecule has 0 aromatic heterocycles.